The van der Waals surface area contributed by atoms with E-state index in [1.54, 1.807) is 0 Å². The molecule has 4 unspecified atom stereocenters. The summed E-state index contributed by atoms with van der Waals surface area (Å²) in [5, 5.41) is 6.26. The monoisotopic (exact) mass is 233 g/mol. The Morgan fingerprint density at radius 3 is 3.06 bits per heavy atom. The Morgan fingerprint density at radius 2 is 2.12 bits per heavy atom. The van der Waals surface area contributed by atoms with E-state index in [-0.39, 0.29) is 17.6 Å². The molecule has 4 rings (SSSR count). The van der Waals surface area contributed by atoms with E-state index in [2.05, 4.69) is 27.7 Å². The summed E-state index contributed by atoms with van der Waals surface area (Å²) in [4.78, 5) is 14.2. The van der Waals surface area contributed by atoms with Gasteiger partial charge in [0.1, 0.15) is 0 Å². The number of hydrogen-bond acceptors (Lipinski definition) is 2. The van der Waals surface area contributed by atoms with Crippen LogP contribution in [0.1, 0.15) is 25.7 Å². The fourth-order valence-corrected chi connectivity index (χ4v) is 4.55. The fourth-order valence-electron chi connectivity index (χ4n) is 4.55. The molecule has 0 aromatic rings. The van der Waals surface area contributed by atoms with Gasteiger partial charge in [-0.05, 0) is 38.1 Å². The van der Waals surface area contributed by atoms with Crippen LogP contribution in [0.2, 0.25) is 0 Å². The van der Waals surface area contributed by atoms with Gasteiger partial charge in [-0.15, -0.1) is 0 Å². The molecule has 3 fully saturated rings. The highest BCUT2D eigenvalue weighted by atomic mass is 16.2. The van der Waals surface area contributed by atoms with Crippen LogP contribution in [0, 0.1) is 5.92 Å². The lowest BCUT2D eigenvalue weighted by Crippen LogP contribution is -2.66. The number of carbonyl (C=O) groups excluding carboxylic acids is 1. The topological polar surface area (TPSA) is 44.4 Å². The maximum absolute atomic E-state index is 11.6. The number of nitrogens with zero attached hydrogens (tertiary/aromatic N) is 1. The van der Waals surface area contributed by atoms with Crippen molar-refractivity contribution in [2.75, 3.05) is 13.1 Å². The average Bonchev–Trinajstić information content (AvgIpc) is 2.88. The van der Waals surface area contributed by atoms with E-state index in [0.29, 0.717) is 6.04 Å². The van der Waals surface area contributed by atoms with Crippen molar-refractivity contribution >= 4 is 6.03 Å². The maximum atomic E-state index is 11.6. The van der Waals surface area contributed by atoms with Crippen LogP contribution in [0.3, 0.4) is 0 Å². The number of piperidine rings is 1. The number of fused-ring (bicyclic) bond motifs is 1. The maximum Gasteiger partial charge on any atom is 0.315 e. The second kappa shape index (κ2) is 3.25. The predicted molar refractivity (Wildman–Crippen MR) is 64.6 cm³/mol. The van der Waals surface area contributed by atoms with Gasteiger partial charge in [0, 0.05) is 6.54 Å². The first-order valence-electron chi connectivity index (χ1n) is 6.80. The molecule has 1 aliphatic carbocycles. The predicted octanol–water partition coefficient (Wildman–Crippen LogP) is 0.851. The molecule has 0 bridgehead atoms. The zero-order valence-electron chi connectivity index (χ0n) is 9.98. The van der Waals surface area contributed by atoms with Crippen molar-refractivity contribution < 1.29 is 4.79 Å². The van der Waals surface area contributed by atoms with Crippen molar-refractivity contribution in [1.82, 2.24) is 15.5 Å². The number of amides is 2. The number of nitrogens with one attached hydrogen (secondary N) is 2. The average molecular weight is 233 g/mol. The highest BCUT2D eigenvalue weighted by Crippen LogP contribution is 2.48. The zero-order chi connectivity index (χ0) is 11.5. The summed E-state index contributed by atoms with van der Waals surface area (Å²) in [6.07, 6.45) is 9.60. The summed E-state index contributed by atoms with van der Waals surface area (Å²) in [5.41, 5.74) is 0.125. The van der Waals surface area contributed by atoms with E-state index in [0.717, 1.165) is 18.9 Å². The molecule has 17 heavy (non-hydrogen) atoms. The molecule has 0 aromatic heterocycles. The largest absolute Gasteiger partial charge is 0.333 e. The van der Waals surface area contributed by atoms with E-state index >= 15 is 0 Å². The van der Waals surface area contributed by atoms with E-state index in [1.807, 2.05) is 0 Å². The standard InChI is InChI=1S/C13H19N3O/c17-12-14-10-5-8-16-7-4-9-3-1-2-6-13(9,16)11(10)15-12/h2,6,9-11H,1,3-5,7-8H2,(H2,14,15,17). The normalized spacial score (nSPS) is 48.0. The lowest BCUT2D eigenvalue weighted by molar-refractivity contribution is 0.0570. The molecule has 4 atom stereocenters. The number of carbonyl (C=O) groups is 1. The molecular formula is C13H19N3O. The fraction of sp³-hybridized carbons (Fsp3) is 0.769. The molecular weight excluding hydrogens is 214 g/mol. The Kier molecular flexibility index (Phi) is 1.90. The zero-order valence-corrected chi connectivity index (χ0v) is 9.98. The van der Waals surface area contributed by atoms with Gasteiger partial charge >= 0.3 is 6.03 Å². The first kappa shape index (κ1) is 9.95. The van der Waals surface area contributed by atoms with Crippen LogP contribution in [-0.4, -0.2) is 41.6 Å². The summed E-state index contributed by atoms with van der Waals surface area (Å²) in [5.74, 6) is 0.737. The highest BCUT2D eigenvalue weighted by Gasteiger charge is 2.59. The van der Waals surface area contributed by atoms with E-state index in [4.69, 9.17) is 0 Å². The third-order valence-corrected chi connectivity index (χ3v) is 5.23. The quantitative estimate of drug-likeness (QED) is 0.609. The number of allylic oxidation sites excluding steroid dienone is 1. The molecule has 1 spiro atoms. The molecule has 92 valence electrons. The number of hydrogen-bond donors (Lipinski definition) is 2. The highest BCUT2D eigenvalue weighted by molar-refractivity contribution is 5.78. The summed E-state index contributed by atoms with van der Waals surface area (Å²) in [6.45, 7) is 2.33. The van der Waals surface area contributed by atoms with Crippen molar-refractivity contribution in [3.05, 3.63) is 12.2 Å². The molecule has 0 radical (unpaired) electrons. The Labute approximate surface area is 101 Å². The number of urea groups is 1. The van der Waals surface area contributed by atoms with Gasteiger partial charge in [0.2, 0.25) is 0 Å². The van der Waals surface area contributed by atoms with Crippen molar-refractivity contribution in [2.45, 2.75) is 43.3 Å². The minimum atomic E-state index is 0.0286. The molecule has 4 heteroatoms. The van der Waals surface area contributed by atoms with Gasteiger partial charge in [0.15, 0.2) is 0 Å². The first-order chi connectivity index (χ1) is 8.30. The summed E-state index contributed by atoms with van der Waals surface area (Å²) in [6, 6.07) is 0.649. The summed E-state index contributed by atoms with van der Waals surface area (Å²) < 4.78 is 0. The third-order valence-electron chi connectivity index (χ3n) is 5.23. The van der Waals surface area contributed by atoms with Crippen LogP contribution in [0.4, 0.5) is 4.79 Å². The molecule has 4 nitrogen and oxygen atoms in total. The number of rotatable bonds is 0. The van der Waals surface area contributed by atoms with Gasteiger partial charge in [0.05, 0.1) is 17.6 Å². The smallest absolute Gasteiger partial charge is 0.315 e. The van der Waals surface area contributed by atoms with Crippen molar-refractivity contribution in [3.8, 4) is 0 Å². The van der Waals surface area contributed by atoms with Crippen LogP contribution in [0.15, 0.2) is 12.2 Å². The molecule has 3 saturated heterocycles. The van der Waals surface area contributed by atoms with Crippen LogP contribution < -0.4 is 10.6 Å². The third kappa shape index (κ3) is 1.14. The van der Waals surface area contributed by atoms with Crippen LogP contribution >= 0.6 is 0 Å². The van der Waals surface area contributed by atoms with Crippen LogP contribution in [0.5, 0.6) is 0 Å². The van der Waals surface area contributed by atoms with Crippen LogP contribution in [0.25, 0.3) is 0 Å². The lowest BCUT2D eigenvalue weighted by Gasteiger charge is -2.51. The Morgan fingerprint density at radius 1 is 1.24 bits per heavy atom. The second-order valence-electron chi connectivity index (χ2n) is 5.83. The first-order valence-corrected chi connectivity index (χ1v) is 6.80. The van der Waals surface area contributed by atoms with Crippen molar-refractivity contribution in [2.24, 2.45) is 5.92 Å². The van der Waals surface area contributed by atoms with Gasteiger partial charge in [0.25, 0.3) is 0 Å². The van der Waals surface area contributed by atoms with Gasteiger partial charge in [-0.25, -0.2) is 4.79 Å². The SMILES string of the molecule is O=C1NC2CCN3CCC4CCC=CC43C2N1. The molecule has 2 amide bonds. The van der Waals surface area contributed by atoms with Crippen molar-refractivity contribution in [1.29, 1.82) is 0 Å². The molecule has 2 N–H and O–H groups in total. The molecule has 0 aromatic carbocycles. The van der Waals surface area contributed by atoms with Gasteiger partial charge < -0.3 is 10.6 Å². The summed E-state index contributed by atoms with van der Waals surface area (Å²) in [7, 11) is 0. The Hall–Kier alpha value is -1.03. The lowest BCUT2D eigenvalue weighted by atomic mass is 9.69. The van der Waals surface area contributed by atoms with Gasteiger partial charge in [-0.3, -0.25) is 4.90 Å². The second-order valence-corrected chi connectivity index (χ2v) is 5.83. The molecule has 0 saturated carbocycles. The van der Waals surface area contributed by atoms with E-state index < -0.39 is 0 Å². The minimum Gasteiger partial charge on any atom is -0.333 e. The van der Waals surface area contributed by atoms with E-state index in [9.17, 15) is 4.79 Å². The van der Waals surface area contributed by atoms with Gasteiger partial charge in [-0.2, -0.15) is 0 Å². The van der Waals surface area contributed by atoms with Gasteiger partial charge in [-0.1, -0.05) is 12.2 Å². The minimum absolute atomic E-state index is 0.0286. The summed E-state index contributed by atoms with van der Waals surface area (Å²) >= 11 is 0. The van der Waals surface area contributed by atoms with E-state index in [1.165, 1.54) is 25.8 Å². The Bertz CT molecular complexity index is 394. The molecule has 3 heterocycles. The van der Waals surface area contributed by atoms with Crippen molar-refractivity contribution in [3.63, 3.8) is 0 Å². The van der Waals surface area contributed by atoms with Crippen LogP contribution in [-0.2, 0) is 0 Å². The molecule has 4 aliphatic rings. The Balaban J connectivity index is 1.79. The molecule has 3 aliphatic heterocycles.